The Kier molecular flexibility index (Phi) is 6.54. The fourth-order valence-corrected chi connectivity index (χ4v) is 3.76. The number of unbranched alkanes of at least 4 members (excludes halogenated alkanes) is 6. The van der Waals surface area contributed by atoms with E-state index in [1.54, 1.807) is 42.5 Å². The summed E-state index contributed by atoms with van der Waals surface area (Å²) in [6.45, 7) is 2.20. The summed E-state index contributed by atoms with van der Waals surface area (Å²) in [6.07, 6.45) is 7.41. The number of fused-ring (bicyclic) bond motifs is 2. The van der Waals surface area contributed by atoms with Crippen molar-refractivity contribution in [2.45, 2.75) is 64.5 Å². The van der Waals surface area contributed by atoms with Crippen LogP contribution in [0.3, 0.4) is 0 Å². The molecule has 1 atom stereocenters. The van der Waals surface area contributed by atoms with Gasteiger partial charge in [0.25, 0.3) is 0 Å². The van der Waals surface area contributed by atoms with Gasteiger partial charge >= 0.3 is 0 Å². The highest BCUT2D eigenvalue weighted by molar-refractivity contribution is 6.28. The highest BCUT2D eigenvalue weighted by Crippen LogP contribution is 2.31. The van der Waals surface area contributed by atoms with E-state index in [1.165, 1.54) is 25.7 Å². The zero-order valence-corrected chi connectivity index (χ0v) is 16.0. The summed E-state index contributed by atoms with van der Waals surface area (Å²) in [6, 6.07) is 11.7. The van der Waals surface area contributed by atoms with E-state index in [0.29, 0.717) is 34.2 Å². The summed E-state index contributed by atoms with van der Waals surface area (Å²) in [5.74, 6) is -0.348. The Morgan fingerprint density at radius 1 is 0.741 bits per heavy atom. The number of rotatable bonds is 9. The lowest BCUT2D eigenvalue weighted by Gasteiger charge is -2.19. The Labute approximate surface area is 160 Å². The number of ketones is 2. The molecule has 27 heavy (non-hydrogen) atoms. The molecule has 0 spiro atoms. The molecule has 3 rings (SSSR count). The number of hydrogen-bond donors (Lipinski definition) is 0. The lowest BCUT2D eigenvalue weighted by molar-refractivity contribution is 0.0979. The number of hydrogen-bond acceptors (Lipinski definition) is 2. The minimum Gasteiger partial charge on any atom is -0.289 e. The van der Waals surface area contributed by atoms with Gasteiger partial charge in [0.1, 0.15) is 6.17 Å². The summed E-state index contributed by atoms with van der Waals surface area (Å²) >= 11 is 0. The number of halogens is 1. The van der Waals surface area contributed by atoms with Crippen LogP contribution in [0.5, 0.6) is 0 Å². The van der Waals surface area contributed by atoms with E-state index in [2.05, 4.69) is 6.92 Å². The summed E-state index contributed by atoms with van der Waals surface area (Å²) in [7, 11) is 0. The van der Waals surface area contributed by atoms with Crippen LogP contribution < -0.4 is 0 Å². The van der Waals surface area contributed by atoms with E-state index in [9.17, 15) is 14.0 Å². The average molecular weight is 366 g/mol. The van der Waals surface area contributed by atoms with Crippen LogP contribution in [-0.4, -0.2) is 11.6 Å². The van der Waals surface area contributed by atoms with Crippen molar-refractivity contribution >= 4 is 11.6 Å². The highest BCUT2D eigenvalue weighted by Gasteiger charge is 2.29. The number of benzene rings is 2. The standard InChI is InChI=1S/C24H27FO2/c1-2-3-4-5-6-7-8-13-22(25)17-14-15-20-21(16-17)24(27)19-12-10-9-11-18(19)23(20)26/h9-12,14-16,22H,2-8,13H2,1H3. The smallest absolute Gasteiger partial charge is 0.194 e. The maximum atomic E-state index is 14.7. The normalized spacial score (nSPS) is 14.0. The molecular formula is C24H27FO2. The fourth-order valence-electron chi connectivity index (χ4n) is 3.76. The van der Waals surface area contributed by atoms with E-state index in [0.717, 1.165) is 19.3 Å². The van der Waals surface area contributed by atoms with E-state index in [1.807, 2.05) is 0 Å². The predicted octanol–water partition coefficient (Wildman–Crippen LogP) is 6.61. The molecular weight excluding hydrogens is 339 g/mol. The third-order valence-electron chi connectivity index (χ3n) is 5.37. The molecule has 2 nitrogen and oxygen atoms in total. The minimum absolute atomic E-state index is 0.158. The summed E-state index contributed by atoms with van der Waals surface area (Å²) in [5.41, 5.74) is 2.06. The van der Waals surface area contributed by atoms with Crippen molar-refractivity contribution in [3.8, 4) is 0 Å². The van der Waals surface area contributed by atoms with Gasteiger partial charge in [-0.2, -0.15) is 0 Å². The van der Waals surface area contributed by atoms with Crippen molar-refractivity contribution in [1.29, 1.82) is 0 Å². The highest BCUT2D eigenvalue weighted by atomic mass is 19.1. The number of carbonyl (C=O) groups is 2. The van der Waals surface area contributed by atoms with E-state index < -0.39 is 6.17 Å². The van der Waals surface area contributed by atoms with Gasteiger partial charge < -0.3 is 0 Å². The lowest BCUT2D eigenvalue weighted by Crippen LogP contribution is -2.21. The summed E-state index contributed by atoms with van der Waals surface area (Å²) < 4.78 is 14.7. The van der Waals surface area contributed by atoms with Crippen molar-refractivity contribution < 1.29 is 14.0 Å². The number of carbonyl (C=O) groups excluding carboxylic acids is 2. The quantitative estimate of drug-likeness (QED) is 0.399. The Balaban J connectivity index is 1.64. The fraction of sp³-hybridized carbons (Fsp3) is 0.417. The Hall–Kier alpha value is -2.29. The van der Waals surface area contributed by atoms with Gasteiger partial charge in [-0.25, -0.2) is 4.39 Å². The molecule has 1 aliphatic rings. The largest absolute Gasteiger partial charge is 0.289 e. The van der Waals surface area contributed by atoms with Crippen molar-refractivity contribution in [2.75, 3.05) is 0 Å². The molecule has 0 amide bonds. The molecule has 0 saturated carbocycles. The Morgan fingerprint density at radius 3 is 1.96 bits per heavy atom. The SMILES string of the molecule is CCCCCCCCCC(F)c1ccc2c(c1)C(=O)c1ccccc1C2=O. The second-order valence-corrected chi connectivity index (χ2v) is 7.39. The van der Waals surface area contributed by atoms with Gasteiger partial charge in [0.2, 0.25) is 0 Å². The third kappa shape index (κ3) is 4.35. The van der Waals surface area contributed by atoms with Crippen molar-refractivity contribution in [3.05, 3.63) is 70.3 Å². The first kappa shape index (κ1) is 19.5. The Bertz CT molecular complexity index is 825. The minimum atomic E-state index is -1.09. The lowest BCUT2D eigenvalue weighted by atomic mass is 9.83. The predicted molar refractivity (Wildman–Crippen MR) is 106 cm³/mol. The van der Waals surface area contributed by atoms with Crippen LogP contribution in [-0.2, 0) is 0 Å². The zero-order chi connectivity index (χ0) is 19.2. The summed E-state index contributed by atoms with van der Waals surface area (Å²) in [5, 5.41) is 0. The van der Waals surface area contributed by atoms with E-state index in [-0.39, 0.29) is 11.6 Å². The molecule has 3 heteroatoms. The van der Waals surface area contributed by atoms with Crippen LogP contribution in [0.2, 0.25) is 0 Å². The first-order valence-electron chi connectivity index (χ1n) is 10.1. The molecule has 1 aliphatic carbocycles. The molecule has 0 fully saturated rings. The molecule has 0 saturated heterocycles. The zero-order valence-electron chi connectivity index (χ0n) is 16.0. The number of alkyl halides is 1. The molecule has 2 aromatic carbocycles. The molecule has 2 aromatic rings. The van der Waals surface area contributed by atoms with Gasteiger partial charge in [-0.1, -0.05) is 82.2 Å². The molecule has 0 radical (unpaired) electrons. The van der Waals surface area contributed by atoms with E-state index in [4.69, 9.17) is 0 Å². The first-order chi connectivity index (χ1) is 13.1. The van der Waals surface area contributed by atoms with Gasteiger partial charge in [0.15, 0.2) is 11.6 Å². The molecule has 0 heterocycles. The summed E-state index contributed by atoms with van der Waals surface area (Å²) in [4.78, 5) is 25.3. The van der Waals surface area contributed by atoms with Gasteiger partial charge in [-0.3, -0.25) is 9.59 Å². The monoisotopic (exact) mass is 366 g/mol. The maximum absolute atomic E-state index is 14.7. The van der Waals surface area contributed by atoms with Gasteiger partial charge in [-0.05, 0) is 24.1 Å². The average Bonchev–Trinajstić information content (AvgIpc) is 2.70. The van der Waals surface area contributed by atoms with Crippen LogP contribution in [0.25, 0.3) is 0 Å². The van der Waals surface area contributed by atoms with E-state index >= 15 is 0 Å². The molecule has 1 unspecified atom stereocenters. The second-order valence-electron chi connectivity index (χ2n) is 7.39. The van der Waals surface area contributed by atoms with Crippen molar-refractivity contribution in [1.82, 2.24) is 0 Å². The van der Waals surface area contributed by atoms with Gasteiger partial charge in [0, 0.05) is 22.3 Å². The van der Waals surface area contributed by atoms with Gasteiger partial charge in [0.05, 0.1) is 0 Å². The molecule has 0 bridgehead atoms. The third-order valence-corrected chi connectivity index (χ3v) is 5.37. The van der Waals surface area contributed by atoms with Crippen LogP contribution >= 0.6 is 0 Å². The van der Waals surface area contributed by atoms with Crippen LogP contribution in [0.15, 0.2) is 42.5 Å². The van der Waals surface area contributed by atoms with Crippen LogP contribution in [0.1, 0.15) is 102 Å². The Morgan fingerprint density at radius 2 is 1.30 bits per heavy atom. The first-order valence-corrected chi connectivity index (χ1v) is 10.1. The van der Waals surface area contributed by atoms with Crippen molar-refractivity contribution in [2.24, 2.45) is 0 Å². The molecule has 142 valence electrons. The van der Waals surface area contributed by atoms with Crippen molar-refractivity contribution in [3.63, 3.8) is 0 Å². The van der Waals surface area contributed by atoms with Crippen LogP contribution in [0, 0.1) is 0 Å². The molecule has 0 N–H and O–H groups in total. The second kappa shape index (κ2) is 9.07. The maximum Gasteiger partial charge on any atom is 0.194 e. The molecule has 0 aromatic heterocycles. The topological polar surface area (TPSA) is 34.1 Å². The van der Waals surface area contributed by atoms with Gasteiger partial charge in [-0.15, -0.1) is 0 Å². The molecule has 0 aliphatic heterocycles. The van der Waals surface area contributed by atoms with Crippen LogP contribution in [0.4, 0.5) is 4.39 Å².